The van der Waals surface area contributed by atoms with Crippen LogP contribution < -0.4 is 16.1 Å². The van der Waals surface area contributed by atoms with Crippen molar-refractivity contribution in [2.75, 3.05) is 11.2 Å². The van der Waals surface area contributed by atoms with Crippen molar-refractivity contribution in [3.63, 3.8) is 0 Å². The van der Waals surface area contributed by atoms with Crippen LogP contribution in [0.25, 0.3) is 11.1 Å². The fourth-order valence-corrected chi connectivity index (χ4v) is 13.0. The summed E-state index contributed by atoms with van der Waals surface area (Å²) >= 11 is 0. The molecule has 1 heterocycles. The van der Waals surface area contributed by atoms with Crippen molar-refractivity contribution in [1.82, 2.24) is 10.3 Å². The first-order chi connectivity index (χ1) is 29.3. The standard InChI is InChI=1S/C55H52N4S/c1-55(2)48-31-15-13-29-46(48)52-49(55)33-34-51-53(52)47-30-14-16-32-50(47)59(51)42-23-17-19-39(35-42)37-57-54(41-21-7-4-8-22-41)58(56)38-40-20-18-28-45(36-40)60(3,43-24-9-5-10-25-43)44-26-11-6-12-27-44/h4-33,35-36,51,54,57H,34,37-38,56H2,1-3H3. The Morgan fingerprint density at radius 1 is 0.667 bits per heavy atom. The van der Waals surface area contributed by atoms with Gasteiger partial charge in [0.05, 0.1) is 12.2 Å². The zero-order valence-corrected chi connectivity index (χ0v) is 35.4. The maximum absolute atomic E-state index is 7.14. The third kappa shape index (κ3) is 6.54. The van der Waals surface area contributed by atoms with E-state index < -0.39 is 10.0 Å². The first-order valence-corrected chi connectivity index (χ1v) is 23.2. The van der Waals surface area contributed by atoms with E-state index in [0.29, 0.717) is 13.1 Å². The molecule has 0 aromatic heterocycles. The van der Waals surface area contributed by atoms with E-state index in [1.54, 1.807) is 0 Å². The molecule has 60 heavy (non-hydrogen) atoms. The minimum atomic E-state index is -1.50. The Kier molecular flexibility index (Phi) is 9.94. The van der Waals surface area contributed by atoms with Crippen LogP contribution in [0.1, 0.15) is 59.8 Å². The summed E-state index contributed by atoms with van der Waals surface area (Å²) in [6.07, 6.45) is 5.69. The van der Waals surface area contributed by atoms with Crippen molar-refractivity contribution < 1.29 is 0 Å². The summed E-state index contributed by atoms with van der Waals surface area (Å²) in [5.74, 6) is 7.14. The number of nitrogens with zero attached hydrogens (tertiary/aromatic N) is 2. The van der Waals surface area contributed by atoms with Crippen LogP contribution in [0.15, 0.2) is 214 Å². The van der Waals surface area contributed by atoms with E-state index in [9.17, 15) is 0 Å². The van der Waals surface area contributed by atoms with Gasteiger partial charge in [-0.15, -0.1) is 0 Å². The fourth-order valence-electron chi connectivity index (χ4n) is 10.0. The normalized spacial score (nSPS) is 17.1. The van der Waals surface area contributed by atoms with Crippen molar-refractivity contribution in [3.05, 3.63) is 233 Å². The predicted octanol–water partition coefficient (Wildman–Crippen LogP) is 12.8. The van der Waals surface area contributed by atoms with Gasteiger partial charge in [0, 0.05) is 35.4 Å². The SMILES string of the molecule is CC1(C)C2=CCC3C(=C2c2ccccc21)c1ccccc1N3c1cccc(CNC(c2ccccc2)N(N)Cc2cccc(S(C)(c3ccccc3)c3ccccc3)c2)c1. The zero-order chi connectivity index (χ0) is 40.8. The molecule has 10 rings (SSSR count). The highest BCUT2D eigenvalue weighted by molar-refractivity contribution is 8.33. The topological polar surface area (TPSA) is 44.5 Å². The molecule has 3 aliphatic rings. The molecule has 0 bridgehead atoms. The van der Waals surface area contributed by atoms with Gasteiger partial charge in [0.25, 0.3) is 0 Å². The maximum Gasteiger partial charge on any atom is 0.0996 e. The molecule has 2 aliphatic carbocycles. The summed E-state index contributed by atoms with van der Waals surface area (Å²) in [6, 6.07) is 68.9. The summed E-state index contributed by atoms with van der Waals surface area (Å²) in [7, 11) is -1.50. The fraction of sp³-hybridized carbons (Fsp3) is 0.164. The molecule has 2 unspecified atom stereocenters. The Bertz CT molecular complexity index is 2700. The van der Waals surface area contributed by atoms with Gasteiger partial charge >= 0.3 is 0 Å². The Morgan fingerprint density at radius 3 is 2.00 bits per heavy atom. The van der Waals surface area contributed by atoms with Gasteiger partial charge in [-0.3, -0.25) is 11.2 Å². The third-order valence-electron chi connectivity index (χ3n) is 13.0. The number of benzene rings is 7. The summed E-state index contributed by atoms with van der Waals surface area (Å²) in [5.41, 5.74) is 14.5. The van der Waals surface area contributed by atoms with Gasteiger partial charge < -0.3 is 4.90 Å². The van der Waals surface area contributed by atoms with Crippen molar-refractivity contribution >= 4 is 32.5 Å². The van der Waals surface area contributed by atoms with Crippen LogP contribution in [0.4, 0.5) is 11.4 Å². The zero-order valence-electron chi connectivity index (χ0n) is 34.6. The molecule has 1 aliphatic heterocycles. The van der Waals surface area contributed by atoms with Crippen LogP contribution in [-0.4, -0.2) is 17.3 Å². The summed E-state index contributed by atoms with van der Waals surface area (Å²) in [4.78, 5) is 6.58. The van der Waals surface area contributed by atoms with Crippen LogP contribution >= 0.6 is 10.0 Å². The largest absolute Gasteiger partial charge is 0.333 e. The Labute approximate surface area is 357 Å². The predicted molar refractivity (Wildman–Crippen MR) is 251 cm³/mol. The lowest BCUT2D eigenvalue weighted by molar-refractivity contribution is 0.157. The monoisotopic (exact) mass is 800 g/mol. The van der Waals surface area contributed by atoms with Crippen LogP contribution in [-0.2, 0) is 18.5 Å². The number of hydrogen-bond donors (Lipinski definition) is 2. The Hall–Kier alpha value is -5.95. The van der Waals surface area contributed by atoms with Gasteiger partial charge in [0.2, 0.25) is 0 Å². The third-order valence-corrected chi connectivity index (χ3v) is 16.7. The van der Waals surface area contributed by atoms with Crippen LogP contribution in [0.2, 0.25) is 0 Å². The molecule has 0 amide bonds. The van der Waals surface area contributed by atoms with Gasteiger partial charge in [-0.25, -0.2) is 5.01 Å². The van der Waals surface area contributed by atoms with Crippen molar-refractivity contribution in [1.29, 1.82) is 0 Å². The van der Waals surface area contributed by atoms with Gasteiger partial charge in [-0.1, -0.05) is 153 Å². The molecule has 7 aromatic rings. The highest BCUT2D eigenvalue weighted by Gasteiger charge is 2.46. The summed E-state index contributed by atoms with van der Waals surface area (Å²) in [5, 5.41) is 5.84. The maximum atomic E-state index is 7.14. The average molecular weight is 801 g/mol. The van der Waals surface area contributed by atoms with E-state index in [2.05, 4.69) is 224 Å². The molecule has 5 heteroatoms. The lowest BCUT2D eigenvalue weighted by Crippen LogP contribution is -2.42. The van der Waals surface area contributed by atoms with E-state index in [0.717, 1.165) is 12.0 Å². The number of anilines is 2. The number of allylic oxidation sites excluding steroid dienone is 2. The first kappa shape index (κ1) is 38.3. The molecule has 298 valence electrons. The number of nitrogens with one attached hydrogen (secondary N) is 1. The molecule has 0 saturated heterocycles. The first-order valence-electron chi connectivity index (χ1n) is 21.1. The van der Waals surface area contributed by atoms with Gasteiger partial charge in [-0.2, -0.15) is 10.0 Å². The summed E-state index contributed by atoms with van der Waals surface area (Å²) < 4.78 is 0. The lowest BCUT2D eigenvalue weighted by atomic mass is 9.77. The smallest absolute Gasteiger partial charge is 0.0996 e. The minimum Gasteiger partial charge on any atom is -0.333 e. The van der Waals surface area contributed by atoms with Crippen LogP contribution in [0.3, 0.4) is 0 Å². The average Bonchev–Trinajstić information content (AvgIpc) is 3.75. The van der Waals surface area contributed by atoms with E-state index >= 15 is 0 Å². The van der Waals surface area contributed by atoms with E-state index in [4.69, 9.17) is 5.84 Å². The number of hydrazine groups is 1. The van der Waals surface area contributed by atoms with Crippen LogP contribution in [0.5, 0.6) is 0 Å². The molecular weight excluding hydrogens is 749 g/mol. The number of nitrogens with two attached hydrogens (primary N) is 1. The minimum absolute atomic E-state index is 0.0151. The highest BCUT2D eigenvalue weighted by atomic mass is 32.3. The highest BCUT2D eigenvalue weighted by Crippen LogP contribution is 2.65. The number of para-hydroxylation sites is 1. The van der Waals surface area contributed by atoms with Crippen molar-refractivity contribution in [2.45, 2.75) is 65.7 Å². The van der Waals surface area contributed by atoms with Crippen molar-refractivity contribution in [3.8, 4) is 0 Å². The Morgan fingerprint density at radius 2 is 1.27 bits per heavy atom. The van der Waals surface area contributed by atoms with E-state index in [1.165, 1.54) is 70.6 Å². The second kappa shape index (κ2) is 15.6. The molecule has 3 N–H and O–H groups in total. The Balaban J connectivity index is 0.936. The number of rotatable bonds is 11. The number of fused-ring (bicyclic) bond motifs is 6. The van der Waals surface area contributed by atoms with E-state index in [-0.39, 0.29) is 17.6 Å². The molecule has 7 aromatic carbocycles. The molecule has 0 saturated carbocycles. The van der Waals surface area contributed by atoms with Gasteiger partial charge in [0.15, 0.2) is 0 Å². The number of hydrogen-bond acceptors (Lipinski definition) is 4. The molecule has 0 radical (unpaired) electrons. The van der Waals surface area contributed by atoms with Gasteiger partial charge in [-0.05, 0) is 126 Å². The molecular formula is C55H52N4S. The molecule has 4 nitrogen and oxygen atoms in total. The quantitative estimate of drug-likeness (QED) is 0.0777. The molecule has 2 atom stereocenters. The second-order valence-corrected chi connectivity index (χ2v) is 20.2. The van der Waals surface area contributed by atoms with E-state index in [1.807, 2.05) is 5.01 Å². The van der Waals surface area contributed by atoms with Crippen molar-refractivity contribution in [2.24, 2.45) is 5.84 Å². The van der Waals surface area contributed by atoms with Gasteiger partial charge in [0.1, 0.15) is 0 Å². The van der Waals surface area contributed by atoms with Crippen LogP contribution in [0, 0.1) is 0 Å². The molecule has 0 fully saturated rings. The summed E-state index contributed by atoms with van der Waals surface area (Å²) in [6.45, 7) is 6.01. The molecule has 0 spiro atoms. The second-order valence-electron chi connectivity index (χ2n) is 16.9. The lowest BCUT2D eigenvalue weighted by Gasteiger charge is -2.38.